The molecule has 0 bridgehead atoms. The summed E-state index contributed by atoms with van der Waals surface area (Å²) in [6.45, 7) is 5.00. The van der Waals surface area contributed by atoms with E-state index in [2.05, 4.69) is 21.7 Å². The maximum Gasteiger partial charge on any atom is 0.416 e. The van der Waals surface area contributed by atoms with Crippen molar-refractivity contribution in [2.75, 3.05) is 25.0 Å². The molecule has 1 atom stereocenters. The molecule has 1 aliphatic rings. The first-order chi connectivity index (χ1) is 15.1. The summed E-state index contributed by atoms with van der Waals surface area (Å²) in [5.41, 5.74) is -0.379. The molecule has 0 unspecified atom stereocenters. The second kappa shape index (κ2) is 9.57. The van der Waals surface area contributed by atoms with Crippen molar-refractivity contribution in [3.63, 3.8) is 0 Å². The average molecular weight is 445 g/mol. The van der Waals surface area contributed by atoms with E-state index in [9.17, 15) is 18.0 Å². The maximum absolute atomic E-state index is 13.0. The van der Waals surface area contributed by atoms with Gasteiger partial charge in [0, 0.05) is 24.2 Å². The van der Waals surface area contributed by atoms with Crippen molar-refractivity contribution in [3.05, 3.63) is 48.0 Å². The third-order valence-electron chi connectivity index (χ3n) is 5.39. The van der Waals surface area contributed by atoms with Crippen molar-refractivity contribution >= 4 is 11.7 Å². The number of likely N-dealkylation sites (tertiary alicyclic amines) is 1. The van der Waals surface area contributed by atoms with Crippen molar-refractivity contribution in [1.29, 1.82) is 5.26 Å². The van der Waals surface area contributed by atoms with E-state index < -0.39 is 17.3 Å². The molecule has 2 N–H and O–H groups in total. The summed E-state index contributed by atoms with van der Waals surface area (Å²) in [6.07, 6.45) is -2.87. The molecule has 6 nitrogen and oxygen atoms in total. The minimum atomic E-state index is -4.42. The minimum absolute atomic E-state index is 0.105. The summed E-state index contributed by atoms with van der Waals surface area (Å²) in [6, 6.07) is 12.0. The minimum Gasteiger partial charge on any atom is -0.368 e. The van der Waals surface area contributed by atoms with Crippen LogP contribution in [0.25, 0.3) is 11.3 Å². The Bertz CT molecular complexity index is 1000. The van der Waals surface area contributed by atoms with Gasteiger partial charge >= 0.3 is 6.18 Å². The van der Waals surface area contributed by atoms with E-state index >= 15 is 0 Å². The van der Waals surface area contributed by atoms with E-state index in [1.54, 1.807) is 29.2 Å². The Labute approximate surface area is 185 Å². The van der Waals surface area contributed by atoms with Crippen LogP contribution in [0.1, 0.15) is 32.3 Å². The van der Waals surface area contributed by atoms with Crippen molar-refractivity contribution in [2.45, 2.75) is 44.4 Å². The summed E-state index contributed by atoms with van der Waals surface area (Å²) in [4.78, 5) is 18.5. The quantitative estimate of drug-likeness (QED) is 0.672. The number of anilines is 1. The van der Waals surface area contributed by atoms with Gasteiger partial charge in [0.05, 0.1) is 23.9 Å². The Morgan fingerprint density at radius 2 is 2.00 bits per heavy atom. The van der Waals surface area contributed by atoms with Crippen molar-refractivity contribution in [1.82, 2.24) is 15.2 Å². The van der Waals surface area contributed by atoms with Crippen LogP contribution < -0.4 is 10.6 Å². The molecule has 1 amide bonds. The smallest absolute Gasteiger partial charge is 0.368 e. The van der Waals surface area contributed by atoms with E-state index in [0.29, 0.717) is 36.6 Å². The first-order valence-corrected chi connectivity index (χ1v) is 10.4. The molecule has 1 saturated heterocycles. The number of nitrogens with zero attached hydrogens (tertiary/aromatic N) is 3. The monoisotopic (exact) mass is 445 g/mol. The number of carbonyl (C=O) groups is 1. The van der Waals surface area contributed by atoms with Gasteiger partial charge in [0.25, 0.3) is 0 Å². The van der Waals surface area contributed by atoms with Crippen molar-refractivity contribution in [3.8, 4) is 17.3 Å². The molecule has 1 fully saturated rings. The number of hydrogen-bond acceptors (Lipinski definition) is 5. The number of nitrogens with one attached hydrogen (secondary N) is 2. The fraction of sp³-hybridized carbons (Fsp3) is 0.435. The van der Waals surface area contributed by atoms with Crippen LogP contribution in [0.4, 0.5) is 19.0 Å². The molecule has 3 rings (SSSR count). The molecule has 2 heterocycles. The summed E-state index contributed by atoms with van der Waals surface area (Å²) < 4.78 is 39.0. The first-order valence-electron chi connectivity index (χ1n) is 10.4. The van der Waals surface area contributed by atoms with Gasteiger partial charge in [-0.05, 0) is 51.0 Å². The highest BCUT2D eigenvalue weighted by Gasteiger charge is 2.31. The first kappa shape index (κ1) is 23.5. The molecule has 1 aromatic carbocycles. The molecular weight excluding hydrogens is 419 g/mol. The average Bonchev–Trinajstić information content (AvgIpc) is 3.25. The number of amides is 1. The summed E-state index contributed by atoms with van der Waals surface area (Å²) in [7, 11) is 0. The fourth-order valence-electron chi connectivity index (χ4n) is 3.54. The summed E-state index contributed by atoms with van der Waals surface area (Å²) >= 11 is 0. The Kier molecular flexibility index (Phi) is 7.04. The highest BCUT2D eigenvalue weighted by molar-refractivity contribution is 5.79. The number of nitriles is 1. The lowest BCUT2D eigenvalue weighted by Gasteiger charge is -2.28. The lowest BCUT2D eigenvalue weighted by atomic mass is 10.1. The molecule has 0 saturated carbocycles. The van der Waals surface area contributed by atoms with Gasteiger partial charge in [-0.25, -0.2) is 4.98 Å². The predicted molar refractivity (Wildman–Crippen MR) is 116 cm³/mol. The van der Waals surface area contributed by atoms with E-state index in [-0.39, 0.29) is 18.5 Å². The van der Waals surface area contributed by atoms with Gasteiger partial charge in [-0.3, -0.25) is 4.79 Å². The molecule has 0 aliphatic carbocycles. The van der Waals surface area contributed by atoms with Gasteiger partial charge in [0.2, 0.25) is 5.91 Å². The standard InChI is InChI=1S/C23H26F3N5O/c1-22(2,29-14-21(32)31-11-5-8-18(31)13-27)15-28-20-10-4-9-19(30-20)16-6-3-7-17(12-16)23(24,25)26/h3-4,6-7,9-10,12,18,29H,5,8,11,14-15H2,1-2H3,(H,28,30)/t18-/m0/s1. The molecule has 32 heavy (non-hydrogen) atoms. The molecule has 1 aliphatic heterocycles. The van der Waals surface area contributed by atoms with Crippen LogP contribution in [-0.4, -0.2) is 47.0 Å². The normalized spacial score (nSPS) is 16.6. The zero-order valence-electron chi connectivity index (χ0n) is 18.0. The molecule has 170 valence electrons. The number of carbonyl (C=O) groups excluding carboxylic acids is 1. The van der Waals surface area contributed by atoms with Gasteiger partial charge < -0.3 is 15.5 Å². The van der Waals surface area contributed by atoms with Crippen LogP contribution in [0.5, 0.6) is 0 Å². The SMILES string of the molecule is CC(C)(CNc1cccc(-c2cccc(C(F)(F)F)c2)n1)NCC(=O)N1CCC[C@H]1C#N. The Morgan fingerprint density at radius 1 is 1.25 bits per heavy atom. The number of halogens is 3. The van der Waals surface area contributed by atoms with Crippen LogP contribution in [-0.2, 0) is 11.0 Å². The number of benzene rings is 1. The van der Waals surface area contributed by atoms with Crippen molar-refractivity contribution < 1.29 is 18.0 Å². The van der Waals surface area contributed by atoms with Gasteiger partial charge in [-0.2, -0.15) is 18.4 Å². The topological polar surface area (TPSA) is 81.1 Å². The van der Waals surface area contributed by atoms with Crippen LogP contribution in [0.15, 0.2) is 42.5 Å². The number of aromatic nitrogens is 1. The van der Waals surface area contributed by atoms with Crippen LogP contribution in [0.2, 0.25) is 0 Å². The highest BCUT2D eigenvalue weighted by atomic mass is 19.4. The van der Waals surface area contributed by atoms with Gasteiger partial charge in [-0.15, -0.1) is 0 Å². The van der Waals surface area contributed by atoms with Crippen LogP contribution in [0.3, 0.4) is 0 Å². The highest BCUT2D eigenvalue weighted by Crippen LogP contribution is 2.32. The van der Waals surface area contributed by atoms with E-state index in [4.69, 9.17) is 5.26 Å². The van der Waals surface area contributed by atoms with E-state index in [1.165, 1.54) is 6.07 Å². The fourth-order valence-corrected chi connectivity index (χ4v) is 3.54. The maximum atomic E-state index is 13.0. The molecule has 0 radical (unpaired) electrons. The molecule has 1 aromatic heterocycles. The van der Waals surface area contributed by atoms with Crippen LogP contribution in [0, 0.1) is 11.3 Å². The number of hydrogen-bond donors (Lipinski definition) is 2. The van der Waals surface area contributed by atoms with E-state index in [0.717, 1.165) is 18.6 Å². The molecular formula is C23H26F3N5O. The lowest BCUT2D eigenvalue weighted by Crippen LogP contribution is -2.50. The third-order valence-corrected chi connectivity index (χ3v) is 5.39. The zero-order valence-corrected chi connectivity index (χ0v) is 18.0. The lowest BCUT2D eigenvalue weighted by molar-refractivity contribution is -0.137. The Hall–Kier alpha value is -3.12. The number of pyridine rings is 1. The third kappa shape index (κ3) is 5.98. The number of rotatable bonds is 7. The van der Waals surface area contributed by atoms with E-state index in [1.807, 2.05) is 13.8 Å². The molecule has 2 aromatic rings. The van der Waals surface area contributed by atoms with Crippen LogP contribution >= 0.6 is 0 Å². The Balaban J connectivity index is 1.60. The van der Waals surface area contributed by atoms with Gasteiger partial charge in [-0.1, -0.05) is 18.2 Å². The Morgan fingerprint density at radius 3 is 2.72 bits per heavy atom. The summed E-state index contributed by atoms with van der Waals surface area (Å²) in [5.74, 6) is 0.414. The zero-order chi connectivity index (χ0) is 23.4. The van der Waals surface area contributed by atoms with Gasteiger partial charge in [0.15, 0.2) is 0 Å². The molecule has 0 spiro atoms. The van der Waals surface area contributed by atoms with Gasteiger partial charge in [0.1, 0.15) is 11.9 Å². The second-order valence-electron chi connectivity index (χ2n) is 8.45. The largest absolute Gasteiger partial charge is 0.416 e. The molecule has 9 heteroatoms. The summed E-state index contributed by atoms with van der Waals surface area (Å²) in [5, 5.41) is 15.5. The number of alkyl halides is 3. The van der Waals surface area contributed by atoms with Crippen molar-refractivity contribution in [2.24, 2.45) is 0 Å². The second-order valence-corrected chi connectivity index (χ2v) is 8.45. The predicted octanol–water partition coefficient (Wildman–Crippen LogP) is 4.06.